The van der Waals surface area contributed by atoms with E-state index < -0.39 is 0 Å². The topological polar surface area (TPSA) is 43.6 Å². The van der Waals surface area contributed by atoms with Crippen molar-refractivity contribution in [3.63, 3.8) is 0 Å². The second kappa shape index (κ2) is 6.18. The average molecular weight is 348 g/mol. The highest BCUT2D eigenvalue weighted by Crippen LogP contribution is 2.36. The molecule has 0 spiro atoms. The lowest BCUT2D eigenvalue weighted by atomic mass is 10.1. The first kappa shape index (κ1) is 15.6. The van der Waals surface area contributed by atoms with Crippen molar-refractivity contribution in [2.75, 3.05) is 7.11 Å². The molecule has 0 amide bonds. The molecule has 0 aliphatic rings. The maximum atomic E-state index is 11.8. The molecule has 4 nitrogen and oxygen atoms in total. The molecule has 0 bridgehead atoms. The summed E-state index contributed by atoms with van der Waals surface area (Å²) in [4.78, 5) is 18.4. The monoisotopic (exact) mass is 348 g/mol. The van der Waals surface area contributed by atoms with Gasteiger partial charge in [-0.3, -0.25) is 9.20 Å². The van der Waals surface area contributed by atoms with Crippen LogP contribution < -0.4 is 4.74 Å². The Morgan fingerprint density at radius 1 is 1.16 bits per heavy atom. The Kier molecular flexibility index (Phi) is 3.86. The summed E-state index contributed by atoms with van der Waals surface area (Å²) in [7, 11) is 1.63. The van der Waals surface area contributed by atoms with Crippen LogP contribution in [0.25, 0.3) is 26.7 Å². The highest BCUT2D eigenvalue weighted by molar-refractivity contribution is 7.20. The van der Waals surface area contributed by atoms with Gasteiger partial charge in [0.25, 0.3) is 0 Å². The summed E-state index contributed by atoms with van der Waals surface area (Å²) < 4.78 is 7.32. The zero-order chi connectivity index (χ0) is 17.4. The van der Waals surface area contributed by atoms with Crippen LogP contribution in [0.4, 0.5) is 0 Å². The smallest absolute Gasteiger partial charge is 0.195 e. The van der Waals surface area contributed by atoms with Gasteiger partial charge >= 0.3 is 0 Å². The lowest BCUT2D eigenvalue weighted by Crippen LogP contribution is -1.94. The molecule has 0 atom stereocenters. The minimum atomic E-state index is 0.539. The Hall–Kier alpha value is -2.92. The van der Waals surface area contributed by atoms with Crippen LogP contribution in [-0.4, -0.2) is 22.8 Å². The zero-order valence-corrected chi connectivity index (χ0v) is 14.7. The van der Waals surface area contributed by atoms with E-state index >= 15 is 0 Å². The van der Waals surface area contributed by atoms with E-state index in [4.69, 9.17) is 9.72 Å². The average Bonchev–Trinajstić information content (AvgIpc) is 3.20. The second-order valence-electron chi connectivity index (χ2n) is 5.78. The largest absolute Gasteiger partial charge is 0.496 e. The third-order valence-electron chi connectivity index (χ3n) is 4.14. The van der Waals surface area contributed by atoms with E-state index in [1.807, 2.05) is 53.9 Å². The summed E-state index contributed by atoms with van der Waals surface area (Å²) in [5.41, 5.74) is 4.24. The molecule has 2 heterocycles. The Morgan fingerprint density at radius 2 is 1.96 bits per heavy atom. The van der Waals surface area contributed by atoms with Gasteiger partial charge < -0.3 is 4.74 Å². The number of thiazole rings is 1. The highest BCUT2D eigenvalue weighted by atomic mass is 32.1. The predicted molar refractivity (Wildman–Crippen MR) is 101 cm³/mol. The van der Waals surface area contributed by atoms with Crippen molar-refractivity contribution in [3.8, 4) is 27.4 Å². The lowest BCUT2D eigenvalue weighted by molar-refractivity contribution is 0.111. The number of aryl methyl sites for hydroxylation is 1. The number of benzene rings is 2. The summed E-state index contributed by atoms with van der Waals surface area (Å²) >= 11 is 1.57. The first-order valence-electron chi connectivity index (χ1n) is 7.89. The number of imidazole rings is 1. The van der Waals surface area contributed by atoms with Crippen LogP contribution in [0.1, 0.15) is 16.1 Å². The third-order valence-corrected chi connectivity index (χ3v) is 5.17. The van der Waals surface area contributed by atoms with Crippen molar-refractivity contribution < 1.29 is 9.53 Å². The van der Waals surface area contributed by atoms with Gasteiger partial charge in [-0.25, -0.2) is 4.98 Å². The SMILES string of the molecule is COc1ccc(C)cc1-c1nc2sc(-c3ccccc3)cn2c1C=O. The van der Waals surface area contributed by atoms with Crippen LogP contribution in [0.5, 0.6) is 5.75 Å². The maximum Gasteiger partial charge on any atom is 0.195 e. The van der Waals surface area contributed by atoms with E-state index in [1.54, 1.807) is 18.4 Å². The normalized spacial score (nSPS) is 11.0. The molecule has 0 aliphatic carbocycles. The number of hydrogen-bond acceptors (Lipinski definition) is 4. The molecule has 2 aromatic carbocycles. The van der Waals surface area contributed by atoms with Crippen LogP contribution in [0.2, 0.25) is 0 Å². The molecule has 0 unspecified atom stereocenters. The molecule has 25 heavy (non-hydrogen) atoms. The minimum absolute atomic E-state index is 0.539. The number of carbonyl (C=O) groups excluding carboxylic acids is 1. The fourth-order valence-corrected chi connectivity index (χ4v) is 3.91. The summed E-state index contributed by atoms with van der Waals surface area (Å²) in [6, 6.07) is 16.0. The first-order chi connectivity index (χ1) is 12.2. The van der Waals surface area contributed by atoms with E-state index in [-0.39, 0.29) is 0 Å². The van der Waals surface area contributed by atoms with Gasteiger partial charge in [0, 0.05) is 11.8 Å². The quantitative estimate of drug-likeness (QED) is 0.495. The van der Waals surface area contributed by atoms with Gasteiger partial charge in [0.15, 0.2) is 11.2 Å². The van der Waals surface area contributed by atoms with Gasteiger partial charge in [-0.2, -0.15) is 0 Å². The zero-order valence-electron chi connectivity index (χ0n) is 13.9. The number of hydrogen-bond donors (Lipinski definition) is 0. The van der Waals surface area contributed by atoms with Crippen LogP contribution in [0.15, 0.2) is 54.7 Å². The molecule has 0 N–H and O–H groups in total. The number of aromatic nitrogens is 2. The van der Waals surface area contributed by atoms with Crippen LogP contribution in [-0.2, 0) is 0 Å². The second-order valence-corrected chi connectivity index (χ2v) is 6.79. The van der Waals surface area contributed by atoms with E-state index in [1.165, 1.54) is 0 Å². The fourth-order valence-electron chi connectivity index (χ4n) is 2.92. The molecule has 0 fully saturated rings. The molecule has 4 rings (SSSR count). The molecule has 4 aromatic rings. The fraction of sp³-hybridized carbons (Fsp3) is 0.100. The van der Waals surface area contributed by atoms with Crippen molar-refractivity contribution in [1.29, 1.82) is 0 Å². The van der Waals surface area contributed by atoms with Crippen molar-refractivity contribution >= 4 is 22.6 Å². The third kappa shape index (κ3) is 2.62. The number of aldehydes is 1. The predicted octanol–water partition coefficient (Wildman–Crippen LogP) is 4.86. The van der Waals surface area contributed by atoms with E-state index in [9.17, 15) is 4.79 Å². The minimum Gasteiger partial charge on any atom is -0.496 e. The molecule has 0 radical (unpaired) electrons. The van der Waals surface area contributed by atoms with Gasteiger partial charge in [0.2, 0.25) is 0 Å². The molecule has 5 heteroatoms. The van der Waals surface area contributed by atoms with Crippen molar-refractivity contribution in [3.05, 3.63) is 66.0 Å². The van der Waals surface area contributed by atoms with Gasteiger partial charge in [0.1, 0.15) is 17.1 Å². The lowest BCUT2D eigenvalue weighted by Gasteiger charge is -2.08. The Morgan fingerprint density at radius 3 is 2.68 bits per heavy atom. The van der Waals surface area contributed by atoms with Crippen molar-refractivity contribution in [1.82, 2.24) is 9.38 Å². The number of methoxy groups -OCH3 is 1. The van der Waals surface area contributed by atoms with Crippen molar-refractivity contribution in [2.45, 2.75) is 6.92 Å². The van der Waals surface area contributed by atoms with Crippen molar-refractivity contribution in [2.24, 2.45) is 0 Å². The molecule has 124 valence electrons. The number of carbonyl (C=O) groups is 1. The molecular formula is C20H16N2O2S. The number of ether oxygens (including phenoxy) is 1. The van der Waals surface area contributed by atoms with Gasteiger partial charge in [0.05, 0.1) is 12.0 Å². The standard InChI is InChI=1S/C20H16N2O2S/c1-13-8-9-17(24-2)15(10-13)19-16(12-23)22-11-18(25-20(22)21-19)14-6-4-3-5-7-14/h3-12H,1-2H3. The summed E-state index contributed by atoms with van der Waals surface area (Å²) in [5, 5.41) is 0. The van der Waals surface area contributed by atoms with Gasteiger partial charge in [-0.15, -0.1) is 0 Å². The highest BCUT2D eigenvalue weighted by Gasteiger charge is 2.19. The number of nitrogens with zero attached hydrogens (tertiary/aromatic N) is 2. The van der Waals surface area contributed by atoms with Crippen LogP contribution in [0.3, 0.4) is 0 Å². The molecule has 0 saturated heterocycles. The Bertz CT molecular complexity index is 1060. The molecule has 0 aliphatic heterocycles. The molecular weight excluding hydrogens is 332 g/mol. The summed E-state index contributed by atoms with van der Waals surface area (Å²) in [6.07, 6.45) is 2.83. The maximum absolute atomic E-state index is 11.8. The van der Waals surface area contributed by atoms with Gasteiger partial charge in [-0.1, -0.05) is 53.3 Å². The van der Waals surface area contributed by atoms with Crippen LogP contribution >= 0.6 is 11.3 Å². The number of rotatable bonds is 4. The summed E-state index contributed by atoms with van der Waals surface area (Å²) in [6.45, 7) is 2.01. The first-order valence-corrected chi connectivity index (χ1v) is 8.70. The molecule has 0 saturated carbocycles. The van der Waals surface area contributed by atoms with E-state index in [0.29, 0.717) is 17.1 Å². The molecule has 2 aromatic heterocycles. The Labute approximate surface area is 149 Å². The van der Waals surface area contributed by atoms with E-state index in [0.717, 1.165) is 32.8 Å². The van der Waals surface area contributed by atoms with E-state index in [2.05, 4.69) is 12.1 Å². The Balaban J connectivity index is 1.91. The summed E-state index contributed by atoms with van der Waals surface area (Å²) in [5.74, 6) is 0.711. The number of fused-ring (bicyclic) bond motifs is 1. The van der Waals surface area contributed by atoms with Crippen LogP contribution in [0, 0.1) is 6.92 Å². The van der Waals surface area contributed by atoms with Gasteiger partial charge in [-0.05, 0) is 24.6 Å².